The van der Waals surface area contributed by atoms with Gasteiger partial charge in [-0.25, -0.2) is 0 Å². The number of Topliss-reactive ketones (excluding diaryl/α,β-unsaturated/α-hetero) is 1. The highest BCUT2D eigenvalue weighted by Gasteiger charge is 2.24. The summed E-state index contributed by atoms with van der Waals surface area (Å²) in [6, 6.07) is 5.54. The lowest BCUT2D eigenvalue weighted by Crippen LogP contribution is -2.47. The van der Waals surface area contributed by atoms with Crippen LogP contribution in [0.5, 0.6) is 0 Å². The number of hydrogen-bond acceptors (Lipinski definition) is 5. The number of piperazine rings is 1. The third-order valence-corrected chi connectivity index (χ3v) is 4.61. The van der Waals surface area contributed by atoms with Crippen LogP contribution in [-0.4, -0.2) is 60.1 Å². The molecule has 1 aliphatic rings. The Labute approximate surface area is 140 Å². The summed E-state index contributed by atoms with van der Waals surface area (Å²) in [6.07, 6.45) is 1.73. The number of carbonyl (C=O) groups is 1. The number of rotatable bonds is 4. The van der Waals surface area contributed by atoms with Crippen molar-refractivity contribution in [3.05, 3.63) is 35.0 Å². The highest BCUT2D eigenvalue weighted by Crippen LogP contribution is 2.35. The van der Waals surface area contributed by atoms with E-state index in [0.29, 0.717) is 17.1 Å². The number of hydrogen-bond donors (Lipinski definition) is 1. The van der Waals surface area contributed by atoms with E-state index in [-0.39, 0.29) is 12.4 Å². The molecule has 1 aliphatic heterocycles. The maximum atomic E-state index is 12.1. The standard InChI is InChI=1S/C17H20ClN3O2/c1-12(23)14-11-15(18)13-3-2-4-19-16(13)17(14)21-7-5-20(6-8-21)9-10-22/h2-4,11,22H,5-10H2,1H3. The molecule has 122 valence electrons. The Kier molecular flexibility index (Phi) is 4.80. The van der Waals surface area contributed by atoms with Crippen LogP contribution in [0.25, 0.3) is 10.9 Å². The lowest BCUT2D eigenvalue weighted by Gasteiger charge is -2.37. The zero-order valence-electron chi connectivity index (χ0n) is 13.1. The third-order valence-electron chi connectivity index (χ3n) is 4.30. The van der Waals surface area contributed by atoms with Crippen LogP contribution in [-0.2, 0) is 0 Å². The van der Waals surface area contributed by atoms with Crippen LogP contribution in [0.3, 0.4) is 0 Å². The first kappa shape index (κ1) is 16.2. The molecule has 3 rings (SSSR count). The number of benzene rings is 1. The number of aromatic nitrogens is 1. The Morgan fingerprint density at radius 2 is 2.09 bits per heavy atom. The van der Waals surface area contributed by atoms with Gasteiger partial charge in [0.1, 0.15) is 0 Å². The van der Waals surface area contributed by atoms with E-state index < -0.39 is 0 Å². The molecule has 0 radical (unpaired) electrons. The molecule has 2 aromatic rings. The van der Waals surface area contributed by atoms with Gasteiger partial charge in [0.05, 0.1) is 22.8 Å². The molecule has 2 heterocycles. The van der Waals surface area contributed by atoms with Crippen molar-refractivity contribution in [3.8, 4) is 0 Å². The maximum Gasteiger partial charge on any atom is 0.162 e. The Morgan fingerprint density at radius 1 is 1.35 bits per heavy atom. The van der Waals surface area contributed by atoms with Crippen LogP contribution >= 0.6 is 11.6 Å². The van der Waals surface area contributed by atoms with E-state index in [2.05, 4.69) is 14.8 Å². The van der Waals surface area contributed by atoms with E-state index in [0.717, 1.165) is 42.8 Å². The Hall–Kier alpha value is -1.69. The highest BCUT2D eigenvalue weighted by molar-refractivity contribution is 6.36. The Morgan fingerprint density at radius 3 is 2.74 bits per heavy atom. The van der Waals surface area contributed by atoms with Gasteiger partial charge in [0, 0.05) is 49.9 Å². The predicted molar refractivity (Wildman–Crippen MR) is 92.5 cm³/mol. The van der Waals surface area contributed by atoms with Crippen molar-refractivity contribution in [3.63, 3.8) is 0 Å². The molecule has 0 amide bonds. The van der Waals surface area contributed by atoms with Gasteiger partial charge in [-0.05, 0) is 25.1 Å². The first-order valence-corrected chi connectivity index (χ1v) is 8.16. The summed E-state index contributed by atoms with van der Waals surface area (Å²) >= 11 is 6.33. The number of β-amino-alcohol motifs (C(OH)–C–C–N with tert-alkyl or cyclic N) is 1. The van der Waals surface area contributed by atoms with Crippen LogP contribution in [0.1, 0.15) is 17.3 Å². The topological polar surface area (TPSA) is 56.7 Å². The second kappa shape index (κ2) is 6.83. The summed E-state index contributed by atoms with van der Waals surface area (Å²) in [5.41, 5.74) is 2.28. The molecule has 0 atom stereocenters. The number of carbonyl (C=O) groups excluding carboxylic acids is 1. The van der Waals surface area contributed by atoms with Gasteiger partial charge in [0.25, 0.3) is 0 Å². The van der Waals surface area contributed by atoms with Crippen molar-refractivity contribution in [1.29, 1.82) is 0 Å². The summed E-state index contributed by atoms with van der Waals surface area (Å²) < 4.78 is 0. The maximum absolute atomic E-state index is 12.1. The van der Waals surface area contributed by atoms with Crippen molar-refractivity contribution in [1.82, 2.24) is 9.88 Å². The van der Waals surface area contributed by atoms with E-state index in [4.69, 9.17) is 16.7 Å². The lowest BCUT2D eigenvalue weighted by molar-refractivity contribution is 0.101. The molecular weight excluding hydrogens is 314 g/mol. The van der Waals surface area contributed by atoms with Crippen LogP contribution in [0, 0.1) is 0 Å². The molecule has 0 unspecified atom stereocenters. The minimum Gasteiger partial charge on any atom is -0.395 e. The first-order chi connectivity index (χ1) is 11.1. The molecule has 23 heavy (non-hydrogen) atoms. The number of aliphatic hydroxyl groups is 1. The zero-order valence-corrected chi connectivity index (χ0v) is 13.9. The molecule has 1 saturated heterocycles. The van der Waals surface area contributed by atoms with Gasteiger partial charge in [-0.15, -0.1) is 0 Å². The minimum absolute atomic E-state index is 0.00718. The smallest absolute Gasteiger partial charge is 0.162 e. The number of fused-ring (bicyclic) bond motifs is 1. The fourth-order valence-electron chi connectivity index (χ4n) is 3.11. The van der Waals surface area contributed by atoms with Gasteiger partial charge in [0.2, 0.25) is 0 Å². The molecule has 0 saturated carbocycles. The predicted octanol–water partition coefficient (Wildman–Crippen LogP) is 2.21. The molecule has 0 bridgehead atoms. The second-order valence-electron chi connectivity index (χ2n) is 5.76. The van der Waals surface area contributed by atoms with Crippen molar-refractivity contribution in [2.24, 2.45) is 0 Å². The van der Waals surface area contributed by atoms with Crippen molar-refractivity contribution >= 4 is 34.0 Å². The monoisotopic (exact) mass is 333 g/mol. The molecule has 1 aromatic carbocycles. The third kappa shape index (κ3) is 3.17. The SMILES string of the molecule is CC(=O)c1cc(Cl)c2cccnc2c1N1CCN(CCO)CC1. The van der Waals surface area contributed by atoms with E-state index in [1.807, 2.05) is 12.1 Å². The molecule has 1 N–H and O–H groups in total. The Bertz CT molecular complexity index is 727. The number of ketones is 1. The molecule has 1 aromatic heterocycles. The van der Waals surface area contributed by atoms with E-state index >= 15 is 0 Å². The lowest BCUT2D eigenvalue weighted by atomic mass is 10.0. The number of aliphatic hydroxyl groups excluding tert-OH is 1. The molecule has 1 fully saturated rings. The van der Waals surface area contributed by atoms with Gasteiger partial charge < -0.3 is 10.0 Å². The van der Waals surface area contributed by atoms with E-state index in [1.54, 1.807) is 19.2 Å². The number of nitrogens with zero attached hydrogens (tertiary/aromatic N) is 3. The second-order valence-corrected chi connectivity index (χ2v) is 6.17. The van der Waals surface area contributed by atoms with Crippen LogP contribution in [0.15, 0.2) is 24.4 Å². The normalized spacial score (nSPS) is 16.0. The van der Waals surface area contributed by atoms with Crippen molar-refractivity contribution in [2.75, 3.05) is 44.2 Å². The fraction of sp³-hybridized carbons (Fsp3) is 0.412. The van der Waals surface area contributed by atoms with E-state index in [9.17, 15) is 4.79 Å². The number of anilines is 1. The van der Waals surface area contributed by atoms with Crippen LogP contribution in [0.4, 0.5) is 5.69 Å². The molecule has 6 heteroatoms. The summed E-state index contributed by atoms with van der Waals surface area (Å²) in [5.74, 6) is -0.00718. The molecule has 0 aliphatic carbocycles. The zero-order chi connectivity index (χ0) is 16.4. The van der Waals surface area contributed by atoms with E-state index in [1.165, 1.54) is 0 Å². The summed E-state index contributed by atoms with van der Waals surface area (Å²) in [5, 5.41) is 10.5. The number of pyridine rings is 1. The van der Waals surface area contributed by atoms with Gasteiger partial charge >= 0.3 is 0 Å². The van der Waals surface area contributed by atoms with Gasteiger partial charge in [-0.2, -0.15) is 0 Å². The summed E-state index contributed by atoms with van der Waals surface area (Å²) in [6.45, 7) is 5.73. The van der Waals surface area contributed by atoms with Crippen molar-refractivity contribution < 1.29 is 9.90 Å². The van der Waals surface area contributed by atoms with Crippen LogP contribution < -0.4 is 4.90 Å². The van der Waals surface area contributed by atoms with Gasteiger partial charge in [0.15, 0.2) is 5.78 Å². The summed E-state index contributed by atoms with van der Waals surface area (Å²) in [4.78, 5) is 21.0. The summed E-state index contributed by atoms with van der Waals surface area (Å²) in [7, 11) is 0. The largest absolute Gasteiger partial charge is 0.395 e. The molecular formula is C17H20ClN3O2. The first-order valence-electron chi connectivity index (χ1n) is 7.78. The van der Waals surface area contributed by atoms with Gasteiger partial charge in [-0.3, -0.25) is 14.7 Å². The van der Waals surface area contributed by atoms with Crippen LogP contribution in [0.2, 0.25) is 5.02 Å². The molecule has 0 spiro atoms. The van der Waals surface area contributed by atoms with Crippen molar-refractivity contribution in [2.45, 2.75) is 6.92 Å². The average Bonchev–Trinajstić information content (AvgIpc) is 2.56. The molecule has 5 nitrogen and oxygen atoms in total. The highest BCUT2D eigenvalue weighted by atomic mass is 35.5. The minimum atomic E-state index is -0.00718. The quantitative estimate of drug-likeness (QED) is 0.869. The van der Waals surface area contributed by atoms with Gasteiger partial charge in [-0.1, -0.05) is 11.6 Å². The number of halogens is 1. The Balaban J connectivity index is 2.04. The average molecular weight is 334 g/mol. The fourth-order valence-corrected chi connectivity index (χ4v) is 3.37.